The summed E-state index contributed by atoms with van der Waals surface area (Å²) in [6, 6.07) is 6.11. The van der Waals surface area contributed by atoms with Crippen LogP contribution in [0.2, 0.25) is 0 Å². The van der Waals surface area contributed by atoms with Gasteiger partial charge in [0, 0.05) is 29.8 Å². The molecule has 2 aliphatic rings. The molecule has 25 heavy (non-hydrogen) atoms. The maximum atomic E-state index is 5.83. The van der Waals surface area contributed by atoms with Crippen molar-refractivity contribution in [3.63, 3.8) is 0 Å². The topological polar surface area (TPSA) is 51.8 Å². The fourth-order valence-electron chi connectivity index (χ4n) is 3.37. The Morgan fingerprint density at radius 3 is 3.00 bits per heavy atom. The predicted octanol–water partition coefficient (Wildman–Crippen LogP) is 3.91. The molecule has 0 amide bonds. The molecule has 0 spiro atoms. The van der Waals surface area contributed by atoms with E-state index in [2.05, 4.69) is 44.2 Å². The molecule has 2 atom stereocenters. The molecule has 3 aromatic heterocycles. The number of fused-ring (bicyclic) bond motifs is 2. The Hall–Kier alpha value is -2.73. The van der Waals surface area contributed by atoms with E-state index in [1.54, 1.807) is 11.3 Å². The molecule has 0 aromatic carbocycles. The molecule has 4 heterocycles. The molecule has 3 aromatic rings. The highest BCUT2D eigenvalue weighted by molar-refractivity contribution is 7.15. The van der Waals surface area contributed by atoms with Crippen LogP contribution in [0.25, 0.3) is 21.9 Å². The van der Waals surface area contributed by atoms with Gasteiger partial charge in [-0.1, -0.05) is 18.2 Å². The molecule has 0 saturated heterocycles. The van der Waals surface area contributed by atoms with Crippen molar-refractivity contribution < 1.29 is 4.74 Å². The summed E-state index contributed by atoms with van der Waals surface area (Å²) < 4.78 is 7.96. The third-order valence-electron chi connectivity index (χ3n) is 4.46. The minimum atomic E-state index is -0.0393. The Balaban J connectivity index is 1.68. The standard InChI is InChI=1S/C19H16N4OS/c1-11-4-3-5-15(20-11)17-18(23-8-9-25-19(23)22-17)13-6-7-14-16(10-13)24-12(2)21-14/h3-10,14,16H,1-2H3. The van der Waals surface area contributed by atoms with E-state index >= 15 is 0 Å². The highest BCUT2D eigenvalue weighted by Gasteiger charge is 2.30. The molecule has 0 N–H and O–H groups in total. The van der Waals surface area contributed by atoms with E-state index in [-0.39, 0.29) is 12.1 Å². The molecule has 0 radical (unpaired) electrons. The van der Waals surface area contributed by atoms with Crippen molar-refractivity contribution in [3.05, 3.63) is 59.4 Å². The second kappa shape index (κ2) is 5.39. The van der Waals surface area contributed by atoms with E-state index in [0.29, 0.717) is 0 Å². The van der Waals surface area contributed by atoms with Gasteiger partial charge in [-0.2, -0.15) is 0 Å². The monoisotopic (exact) mass is 348 g/mol. The van der Waals surface area contributed by atoms with E-state index in [4.69, 9.17) is 9.72 Å². The number of aryl methyl sites for hydroxylation is 1. The van der Waals surface area contributed by atoms with Crippen molar-refractivity contribution in [1.82, 2.24) is 14.4 Å². The number of nitrogens with zero attached hydrogens (tertiary/aromatic N) is 4. The maximum absolute atomic E-state index is 5.83. The first kappa shape index (κ1) is 14.6. The first-order valence-corrected chi connectivity index (χ1v) is 9.08. The number of thiazole rings is 1. The minimum Gasteiger partial charge on any atom is -0.471 e. The average molecular weight is 348 g/mol. The first-order valence-electron chi connectivity index (χ1n) is 8.20. The molecule has 1 aliphatic carbocycles. The number of hydrogen-bond donors (Lipinski definition) is 0. The van der Waals surface area contributed by atoms with Crippen molar-refractivity contribution in [2.24, 2.45) is 4.99 Å². The smallest absolute Gasteiger partial charge is 0.194 e. The van der Waals surface area contributed by atoms with Crippen molar-refractivity contribution in [3.8, 4) is 11.4 Å². The molecule has 6 heteroatoms. The SMILES string of the molecule is CC1=NC2C=CC(c3c(-c4cccc(C)n4)nc4sccn34)=CC2O1. The van der Waals surface area contributed by atoms with Gasteiger partial charge in [0.1, 0.15) is 17.8 Å². The fourth-order valence-corrected chi connectivity index (χ4v) is 4.09. The summed E-state index contributed by atoms with van der Waals surface area (Å²) >= 11 is 1.62. The Bertz CT molecular complexity index is 1070. The minimum absolute atomic E-state index is 0.0393. The predicted molar refractivity (Wildman–Crippen MR) is 99.9 cm³/mol. The second-order valence-corrected chi connectivity index (χ2v) is 7.10. The summed E-state index contributed by atoms with van der Waals surface area (Å²) in [5.41, 5.74) is 4.92. The highest BCUT2D eigenvalue weighted by Crippen LogP contribution is 2.34. The van der Waals surface area contributed by atoms with Crippen LogP contribution in [0.4, 0.5) is 0 Å². The Kier molecular flexibility index (Phi) is 3.15. The van der Waals surface area contributed by atoms with Crippen LogP contribution in [0, 0.1) is 6.92 Å². The zero-order valence-electron chi connectivity index (χ0n) is 13.9. The molecule has 0 saturated carbocycles. The van der Waals surface area contributed by atoms with Crippen molar-refractivity contribution in [1.29, 1.82) is 0 Å². The van der Waals surface area contributed by atoms with E-state index in [9.17, 15) is 0 Å². The number of aromatic nitrogens is 3. The Morgan fingerprint density at radius 1 is 1.20 bits per heavy atom. The summed E-state index contributed by atoms with van der Waals surface area (Å²) in [5, 5.41) is 2.05. The van der Waals surface area contributed by atoms with E-state index in [0.717, 1.165) is 39.2 Å². The molecule has 0 fully saturated rings. The van der Waals surface area contributed by atoms with E-state index in [1.807, 2.05) is 32.0 Å². The van der Waals surface area contributed by atoms with Crippen LogP contribution in [0.15, 0.2) is 53.0 Å². The first-order chi connectivity index (χ1) is 12.2. The molecule has 5 nitrogen and oxygen atoms in total. The third-order valence-corrected chi connectivity index (χ3v) is 5.21. The summed E-state index contributed by atoms with van der Waals surface area (Å²) in [5.74, 6) is 0.742. The van der Waals surface area contributed by atoms with Crippen LogP contribution in [0.5, 0.6) is 0 Å². The van der Waals surface area contributed by atoms with Crippen LogP contribution in [0.3, 0.4) is 0 Å². The van der Waals surface area contributed by atoms with Gasteiger partial charge in [0.25, 0.3) is 0 Å². The van der Waals surface area contributed by atoms with Crippen molar-refractivity contribution >= 4 is 27.8 Å². The average Bonchev–Trinajstić information content (AvgIpc) is 3.26. The number of hydrogen-bond acceptors (Lipinski definition) is 5. The zero-order chi connectivity index (χ0) is 17.0. The lowest BCUT2D eigenvalue weighted by Gasteiger charge is -2.17. The second-order valence-electron chi connectivity index (χ2n) is 6.23. The molecule has 1 aliphatic heterocycles. The number of ether oxygens (including phenoxy) is 1. The molecule has 2 unspecified atom stereocenters. The molecule has 124 valence electrons. The number of allylic oxidation sites excluding steroid dienone is 2. The van der Waals surface area contributed by atoms with Gasteiger partial charge in [0.15, 0.2) is 10.9 Å². The third kappa shape index (κ3) is 2.33. The van der Waals surface area contributed by atoms with Gasteiger partial charge in [-0.05, 0) is 25.1 Å². The van der Waals surface area contributed by atoms with Crippen LogP contribution < -0.4 is 0 Å². The normalized spacial score (nSPS) is 21.8. The van der Waals surface area contributed by atoms with Gasteiger partial charge >= 0.3 is 0 Å². The quantitative estimate of drug-likeness (QED) is 0.706. The molecular weight excluding hydrogens is 332 g/mol. The van der Waals surface area contributed by atoms with Crippen LogP contribution in [0.1, 0.15) is 18.3 Å². The summed E-state index contributed by atoms with van der Waals surface area (Å²) in [6.07, 6.45) is 8.38. The van der Waals surface area contributed by atoms with Gasteiger partial charge in [0.05, 0.1) is 11.4 Å². The van der Waals surface area contributed by atoms with E-state index < -0.39 is 0 Å². The number of imidazole rings is 1. The highest BCUT2D eigenvalue weighted by atomic mass is 32.1. The zero-order valence-corrected chi connectivity index (χ0v) is 14.7. The fraction of sp³-hybridized carbons (Fsp3) is 0.211. The summed E-state index contributed by atoms with van der Waals surface area (Å²) in [4.78, 5) is 15.0. The van der Waals surface area contributed by atoms with Crippen molar-refractivity contribution in [2.45, 2.75) is 26.0 Å². The number of aliphatic imine (C=N–C) groups is 1. The lowest BCUT2D eigenvalue weighted by Crippen LogP contribution is -2.20. The molecule has 5 rings (SSSR count). The van der Waals surface area contributed by atoms with Gasteiger partial charge < -0.3 is 4.74 Å². The van der Waals surface area contributed by atoms with Gasteiger partial charge in [-0.3, -0.25) is 9.38 Å². The number of rotatable bonds is 2. The largest absolute Gasteiger partial charge is 0.471 e. The van der Waals surface area contributed by atoms with Crippen molar-refractivity contribution in [2.75, 3.05) is 0 Å². The molecular formula is C19H16N4OS. The molecule has 0 bridgehead atoms. The Morgan fingerprint density at radius 2 is 2.12 bits per heavy atom. The van der Waals surface area contributed by atoms with E-state index in [1.165, 1.54) is 0 Å². The van der Waals surface area contributed by atoms with Gasteiger partial charge in [0.2, 0.25) is 0 Å². The summed E-state index contributed by atoms with van der Waals surface area (Å²) in [7, 11) is 0. The number of pyridine rings is 1. The van der Waals surface area contributed by atoms with Gasteiger partial charge in [-0.25, -0.2) is 9.98 Å². The van der Waals surface area contributed by atoms with Crippen LogP contribution in [-0.4, -0.2) is 32.4 Å². The maximum Gasteiger partial charge on any atom is 0.194 e. The Labute approximate surface area is 149 Å². The lowest BCUT2D eigenvalue weighted by atomic mass is 9.97. The summed E-state index contributed by atoms with van der Waals surface area (Å²) in [6.45, 7) is 3.90. The lowest BCUT2D eigenvalue weighted by molar-refractivity contribution is 0.253. The van der Waals surface area contributed by atoms with Crippen LogP contribution in [-0.2, 0) is 4.74 Å². The van der Waals surface area contributed by atoms with Gasteiger partial charge in [-0.15, -0.1) is 11.3 Å². The van der Waals surface area contributed by atoms with Crippen LogP contribution >= 0.6 is 11.3 Å².